The van der Waals surface area contributed by atoms with Gasteiger partial charge in [-0.2, -0.15) is 0 Å². The molecule has 2 aromatic rings. The van der Waals surface area contributed by atoms with Crippen molar-refractivity contribution < 1.29 is 23.5 Å². The molecule has 0 aromatic heterocycles. The van der Waals surface area contributed by atoms with Crippen LogP contribution in [0.4, 0.5) is 4.39 Å². The molecule has 0 unspecified atom stereocenters. The Bertz CT molecular complexity index is 1000. The Hall–Kier alpha value is -3.42. The van der Waals surface area contributed by atoms with E-state index in [1.54, 1.807) is 42.3 Å². The quantitative estimate of drug-likeness (QED) is 0.620. The second-order valence-electron chi connectivity index (χ2n) is 8.61. The topological polar surface area (TPSA) is 87.7 Å². The standard InChI is InChI=1S/C26H32FN3O4/c1-4-17(2)28-25(32)23(29-24(31)21-7-5-6-8-22(21)27)18-13-15-30(16-14-18)26(33)19-9-11-20(34-3)12-10-19/h5-12,17-18,23H,4,13-16H2,1-3H3,(H,28,32)(H,29,31)/t17-,23+/m1/s1. The normalized spacial score (nSPS) is 15.8. The summed E-state index contributed by atoms with van der Waals surface area (Å²) in [6.45, 7) is 4.77. The summed E-state index contributed by atoms with van der Waals surface area (Å²) in [6.07, 6.45) is 1.82. The van der Waals surface area contributed by atoms with Crippen molar-refractivity contribution in [3.8, 4) is 5.75 Å². The van der Waals surface area contributed by atoms with Crippen molar-refractivity contribution >= 4 is 17.7 Å². The average molecular weight is 470 g/mol. The zero-order valence-electron chi connectivity index (χ0n) is 19.8. The Kier molecular flexibility index (Phi) is 8.62. The molecule has 2 N–H and O–H groups in total. The van der Waals surface area contributed by atoms with Crippen molar-refractivity contribution in [1.82, 2.24) is 15.5 Å². The van der Waals surface area contributed by atoms with Gasteiger partial charge in [0.2, 0.25) is 5.91 Å². The lowest BCUT2D eigenvalue weighted by molar-refractivity contribution is -0.125. The number of halogens is 1. The highest BCUT2D eigenvalue weighted by Gasteiger charge is 2.35. The molecule has 34 heavy (non-hydrogen) atoms. The van der Waals surface area contributed by atoms with Gasteiger partial charge in [0.25, 0.3) is 11.8 Å². The van der Waals surface area contributed by atoms with Gasteiger partial charge in [-0.1, -0.05) is 19.1 Å². The smallest absolute Gasteiger partial charge is 0.254 e. The van der Waals surface area contributed by atoms with Crippen LogP contribution < -0.4 is 15.4 Å². The van der Waals surface area contributed by atoms with E-state index in [0.717, 1.165) is 6.42 Å². The minimum absolute atomic E-state index is 0.0582. The SMILES string of the molecule is CC[C@@H](C)NC(=O)[C@@H](NC(=O)c1ccccc1F)C1CCN(C(=O)c2ccc(OC)cc2)CC1. The summed E-state index contributed by atoms with van der Waals surface area (Å²) in [4.78, 5) is 40.5. The fraction of sp³-hybridized carbons (Fsp3) is 0.423. The molecule has 0 spiro atoms. The minimum Gasteiger partial charge on any atom is -0.497 e. The lowest BCUT2D eigenvalue weighted by Gasteiger charge is -2.36. The van der Waals surface area contributed by atoms with Gasteiger partial charge in [0.15, 0.2) is 0 Å². The zero-order chi connectivity index (χ0) is 24.7. The predicted molar refractivity (Wildman–Crippen MR) is 127 cm³/mol. The van der Waals surface area contributed by atoms with E-state index in [2.05, 4.69) is 10.6 Å². The summed E-state index contributed by atoms with van der Waals surface area (Å²) in [5.74, 6) is -1.15. The molecule has 182 valence electrons. The summed E-state index contributed by atoms with van der Waals surface area (Å²) >= 11 is 0. The molecule has 1 aliphatic heterocycles. The molecule has 7 nitrogen and oxygen atoms in total. The molecule has 3 amide bonds. The van der Waals surface area contributed by atoms with E-state index in [1.165, 1.54) is 18.2 Å². The Morgan fingerprint density at radius 2 is 1.71 bits per heavy atom. The molecule has 0 radical (unpaired) electrons. The third-order valence-corrected chi connectivity index (χ3v) is 6.32. The molecular weight excluding hydrogens is 437 g/mol. The number of nitrogens with one attached hydrogen (secondary N) is 2. The number of rotatable bonds is 8. The number of methoxy groups -OCH3 is 1. The monoisotopic (exact) mass is 469 g/mol. The summed E-state index contributed by atoms with van der Waals surface area (Å²) in [7, 11) is 1.57. The molecule has 0 saturated carbocycles. The van der Waals surface area contributed by atoms with Crippen molar-refractivity contribution in [1.29, 1.82) is 0 Å². The molecule has 0 aliphatic carbocycles. The third-order valence-electron chi connectivity index (χ3n) is 6.32. The maximum atomic E-state index is 14.1. The molecule has 2 atom stereocenters. The maximum absolute atomic E-state index is 14.1. The molecule has 2 aromatic carbocycles. The second kappa shape index (κ2) is 11.6. The van der Waals surface area contributed by atoms with Crippen LogP contribution in [0.15, 0.2) is 48.5 Å². The number of amides is 3. The highest BCUT2D eigenvalue weighted by Crippen LogP contribution is 2.24. The largest absolute Gasteiger partial charge is 0.497 e. The highest BCUT2D eigenvalue weighted by molar-refractivity contribution is 5.98. The molecule has 3 rings (SSSR count). The van der Waals surface area contributed by atoms with E-state index in [1.807, 2.05) is 13.8 Å². The summed E-state index contributed by atoms with van der Waals surface area (Å²) in [6, 6.07) is 11.8. The van der Waals surface area contributed by atoms with Gasteiger partial charge in [-0.25, -0.2) is 4.39 Å². The van der Waals surface area contributed by atoms with Crippen LogP contribution in [0.5, 0.6) is 5.75 Å². The van der Waals surface area contributed by atoms with E-state index < -0.39 is 17.8 Å². The molecule has 1 saturated heterocycles. The maximum Gasteiger partial charge on any atom is 0.254 e. The van der Waals surface area contributed by atoms with E-state index in [0.29, 0.717) is 37.2 Å². The summed E-state index contributed by atoms with van der Waals surface area (Å²) in [5, 5.41) is 5.68. The van der Waals surface area contributed by atoms with E-state index in [9.17, 15) is 18.8 Å². The van der Waals surface area contributed by atoms with Gasteiger partial charge in [-0.05, 0) is 68.5 Å². The second-order valence-corrected chi connectivity index (χ2v) is 8.61. The fourth-order valence-electron chi connectivity index (χ4n) is 4.05. The number of carbonyl (C=O) groups is 3. The fourth-order valence-corrected chi connectivity index (χ4v) is 4.05. The molecule has 1 heterocycles. The van der Waals surface area contributed by atoms with E-state index >= 15 is 0 Å². The van der Waals surface area contributed by atoms with Gasteiger partial charge in [0.05, 0.1) is 12.7 Å². The number of carbonyl (C=O) groups excluding carboxylic acids is 3. The number of hydrogen-bond donors (Lipinski definition) is 2. The average Bonchev–Trinajstić information content (AvgIpc) is 2.87. The predicted octanol–water partition coefficient (Wildman–Crippen LogP) is 3.40. The molecule has 1 fully saturated rings. The third kappa shape index (κ3) is 6.12. The van der Waals surface area contributed by atoms with Gasteiger partial charge >= 0.3 is 0 Å². The summed E-state index contributed by atoms with van der Waals surface area (Å²) < 4.78 is 19.3. The van der Waals surface area contributed by atoms with Gasteiger partial charge in [0.1, 0.15) is 17.6 Å². The van der Waals surface area contributed by atoms with Crippen LogP contribution in [0.1, 0.15) is 53.8 Å². The first-order valence-corrected chi connectivity index (χ1v) is 11.6. The Labute approximate surface area is 199 Å². The number of hydrogen-bond acceptors (Lipinski definition) is 4. The number of benzene rings is 2. The van der Waals surface area contributed by atoms with Crippen LogP contribution in [0.3, 0.4) is 0 Å². The Balaban J connectivity index is 1.70. The summed E-state index contributed by atoms with van der Waals surface area (Å²) in [5.41, 5.74) is 0.467. The van der Waals surface area contributed by atoms with Crippen LogP contribution in [0.25, 0.3) is 0 Å². The van der Waals surface area contributed by atoms with Crippen molar-refractivity contribution in [3.05, 3.63) is 65.5 Å². The van der Waals surface area contributed by atoms with E-state index in [4.69, 9.17) is 4.74 Å². The molecule has 0 bridgehead atoms. The van der Waals surface area contributed by atoms with E-state index in [-0.39, 0.29) is 29.3 Å². The Morgan fingerprint density at radius 1 is 1.06 bits per heavy atom. The van der Waals surface area contributed by atoms with Gasteiger partial charge < -0.3 is 20.3 Å². The number of ether oxygens (including phenoxy) is 1. The van der Waals surface area contributed by atoms with Crippen LogP contribution in [-0.2, 0) is 4.79 Å². The molecular formula is C26H32FN3O4. The van der Waals surface area contributed by atoms with Crippen molar-refractivity contribution in [2.24, 2.45) is 5.92 Å². The van der Waals surface area contributed by atoms with Crippen LogP contribution >= 0.6 is 0 Å². The number of piperidine rings is 1. The van der Waals surface area contributed by atoms with Gasteiger partial charge in [-0.15, -0.1) is 0 Å². The first-order chi connectivity index (χ1) is 16.3. The van der Waals surface area contributed by atoms with Gasteiger partial charge in [0, 0.05) is 24.7 Å². The van der Waals surface area contributed by atoms with Crippen LogP contribution in [0, 0.1) is 11.7 Å². The van der Waals surface area contributed by atoms with Gasteiger partial charge in [-0.3, -0.25) is 14.4 Å². The number of nitrogens with zero attached hydrogens (tertiary/aromatic N) is 1. The van der Waals surface area contributed by atoms with Crippen molar-refractivity contribution in [2.45, 2.75) is 45.2 Å². The van der Waals surface area contributed by atoms with Crippen LogP contribution in [-0.4, -0.2) is 54.9 Å². The first kappa shape index (κ1) is 25.2. The van der Waals surface area contributed by atoms with Crippen molar-refractivity contribution in [2.75, 3.05) is 20.2 Å². The Morgan fingerprint density at radius 3 is 2.29 bits per heavy atom. The van der Waals surface area contributed by atoms with Crippen molar-refractivity contribution in [3.63, 3.8) is 0 Å². The minimum atomic E-state index is -0.820. The number of likely N-dealkylation sites (tertiary alicyclic amines) is 1. The molecule has 8 heteroatoms. The lowest BCUT2D eigenvalue weighted by atomic mass is 9.88. The highest BCUT2D eigenvalue weighted by atomic mass is 19.1. The van der Waals surface area contributed by atoms with Crippen LogP contribution in [0.2, 0.25) is 0 Å². The lowest BCUT2D eigenvalue weighted by Crippen LogP contribution is -2.55. The molecule has 1 aliphatic rings. The zero-order valence-corrected chi connectivity index (χ0v) is 19.8. The first-order valence-electron chi connectivity index (χ1n) is 11.6.